The number of halogens is 1. The van der Waals surface area contributed by atoms with E-state index in [0.717, 1.165) is 22.4 Å². The number of hydrogen-bond acceptors (Lipinski definition) is 7. The molecule has 4 aromatic rings. The standard InChI is InChI=1S/C29H28IN3O6/c1-16(2)20-13-21(17(3)10-24(20)37-4)28-32-23-9-7-6-8-19(23)29(36)33(28)31-14-18-11-22(30)27(25(12-18)38-5)39-15-26(34)35/h6-14,16H,15H2,1-5H3,(H,34,35). The maximum absolute atomic E-state index is 13.7. The topological polar surface area (TPSA) is 112 Å². The molecule has 39 heavy (non-hydrogen) atoms. The molecule has 0 aliphatic carbocycles. The first-order chi connectivity index (χ1) is 18.6. The van der Waals surface area contributed by atoms with Crippen LogP contribution in [0.1, 0.15) is 36.5 Å². The molecule has 202 valence electrons. The van der Waals surface area contributed by atoms with Crippen molar-refractivity contribution in [3.05, 3.63) is 79.1 Å². The second-order valence-corrected chi connectivity index (χ2v) is 10.3. The fourth-order valence-electron chi connectivity index (χ4n) is 4.18. The number of methoxy groups -OCH3 is 2. The monoisotopic (exact) mass is 641 g/mol. The van der Waals surface area contributed by atoms with Gasteiger partial charge in [0.05, 0.1) is 34.9 Å². The normalized spacial score (nSPS) is 11.4. The molecule has 0 atom stereocenters. The lowest BCUT2D eigenvalue weighted by Gasteiger charge is -2.17. The predicted molar refractivity (Wildman–Crippen MR) is 159 cm³/mol. The number of aliphatic carboxylic acids is 1. The van der Waals surface area contributed by atoms with E-state index in [1.54, 1.807) is 37.4 Å². The third kappa shape index (κ3) is 5.90. The second kappa shape index (κ2) is 11.9. The van der Waals surface area contributed by atoms with E-state index in [1.807, 2.05) is 47.7 Å². The molecular formula is C29H28IN3O6. The van der Waals surface area contributed by atoms with Crippen LogP contribution in [0, 0.1) is 10.5 Å². The van der Waals surface area contributed by atoms with Crippen LogP contribution in [-0.2, 0) is 4.79 Å². The number of fused-ring (bicyclic) bond motifs is 1. The molecule has 0 spiro atoms. The van der Waals surface area contributed by atoms with Crippen molar-refractivity contribution in [2.24, 2.45) is 5.10 Å². The Bertz CT molecular complexity index is 1640. The maximum Gasteiger partial charge on any atom is 0.341 e. The molecule has 1 aromatic heterocycles. The van der Waals surface area contributed by atoms with Gasteiger partial charge in [-0.3, -0.25) is 4.79 Å². The molecule has 0 saturated heterocycles. The molecule has 0 aliphatic heterocycles. The highest BCUT2D eigenvalue weighted by Gasteiger charge is 2.19. The summed E-state index contributed by atoms with van der Waals surface area (Å²) in [6.45, 7) is 5.60. The Hall–Kier alpha value is -3.93. The van der Waals surface area contributed by atoms with Crippen LogP contribution in [0.2, 0.25) is 0 Å². The molecule has 1 heterocycles. The van der Waals surface area contributed by atoms with E-state index < -0.39 is 12.6 Å². The first-order valence-corrected chi connectivity index (χ1v) is 13.2. The minimum atomic E-state index is -1.09. The molecule has 3 aromatic carbocycles. The Kier molecular flexibility index (Phi) is 8.54. The van der Waals surface area contributed by atoms with Gasteiger partial charge < -0.3 is 19.3 Å². The summed E-state index contributed by atoms with van der Waals surface area (Å²) in [4.78, 5) is 29.5. The van der Waals surface area contributed by atoms with Crippen LogP contribution in [0.5, 0.6) is 17.2 Å². The third-order valence-corrected chi connectivity index (χ3v) is 6.91. The van der Waals surface area contributed by atoms with Gasteiger partial charge >= 0.3 is 5.97 Å². The van der Waals surface area contributed by atoms with Gasteiger partial charge in [-0.1, -0.05) is 26.0 Å². The molecule has 0 fully saturated rings. The van der Waals surface area contributed by atoms with Crippen LogP contribution in [0.15, 0.2) is 58.4 Å². The van der Waals surface area contributed by atoms with Crippen molar-refractivity contribution in [2.75, 3.05) is 20.8 Å². The van der Waals surface area contributed by atoms with Gasteiger partial charge in [0.2, 0.25) is 0 Å². The first-order valence-electron chi connectivity index (χ1n) is 12.1. The van der Waals surface area contributed by atoms with Crippen molar-refractivity contribution in [2.45, 2.75) is 26.7 Å². The number of para-hydroxylation sites is 1. The maximum atomic E-state index is 13.7. The summed E-state index contributed by atoms with van der Waals surface area (Å²) in [5, 5.41) is 14.0. The van der Waals surface area contributed by atoms with Crippen molar-refractivity contribution in [3.8, 4) is 28.6 Å². The lowest BCUT2D eigenvalue weighted by molar-refractivity contribution is -0.139. The average molecular weight is 641 g/mol. The van der Waals surface area contributed by atoms with Crippen molar-refractivity contribution in [3.63, 3.8) is 0 Å². The van der Waals surface area contributed by atoms with Gasteiger partial charge in [-0.15, -0.1) is 0 Å². The van der Waals surface area contributed by atoms with Crippen LogP contribution in [0.3, 0.4) is 0 Å². The number of hydrogen-bond donors (Lipinski definition) is 1. The summed E-state index contributed by atoms with van der Waals surface area (Å²) in [6.07, 6.45) is 1.54. The van der Waals surface area contributed by atoms with Crippen LogP contribution in [-0.4, -0.2) is 47.8 Å². The lowest BCUT2D eigenvalue weighted by Crippen LogP contribution is -2.21. The fraction of sp³-hybridized carbons (Fsp3) is 0.241. The van der Waals surface area contributed by atoms with Crippen LogP contribution in [0.25, 0.3) is 22.3 Å². The minimum Gasteiger partial charge on any atom is -0.496 e. The van der Waals surface area contributed by atoms with Crippen molar-refractivity contribution in [1.82, 2.24) is 9.66 Å². The summed E-state index contributed by atoms with van der Waals surface area (Å²) in [6, 6.07) is 14.5. The van der Waals surface area contributed by atoms with Crippen molar-refractivity contribution >= 4 is 45.7 Å². The number of benzene rings is 3. The van der Waals surface area contributed by atoms with Gasteiger partial charge in [0.1, 0.15) is 5.75 Å². The SMILES string of the molecule is COc1cc(C)c(-c2nc3ccccc3c(=O)n2N=Cc2cc(I)c(OCC(=O)O)c(OC)c2)cc1C(C)C. The fourth-order valence-corrected chi connectivity index (χ4v) is 4.97. The predicted octanol–water partition coefficient (Wildman–Crippen LogP) is 5.46. The largest absolute Gasteiger partial charge is 0.496 e. The number of carboxylic acid groups (broad SMARTS) is 1. The van der Waals surface area contributed by atoms with Crippen molar-refractivity contribution in [1.29, 1.82) is 0 Å². The second-order valence-electron chi connectivity index (χ2n) is 9.09. The number of aryl methyl sites for hydroxylation is 1. The van der Waals surface area contributed by atoms with Gasteiger partial charge in [-0.05, 0) is 88.5 Å². The lowest BCUT2D eigenvalue weighted by atomic mass is 9.96. The summed E-state index contributed by atoms with van der Waals surface area (Å²) in [5.41, 5.74) is 3.53. The number of ether oxygens (including phenoxy) is 3. The molecule has 10 heteroatoms. The van der Waals surface area contributed by atoms with E-state index in [2.05, 4.69) is 18.9 Å². The zero-order valence-electron chi connectivity index (χ0n) is 22.2. The molecule has 0 bridgehead atoms. The number of aromatic nitrogens is 2. The molecular weight excluding hydrogens is 613 g/mol. The average Bonchev–Trinajstić information content (AvgIpc) is 2.91. The molecule has 9 nitrogen and oxygen atoms in total. The Labute approximate surface area is 239 Å². The van der Waals surface area contributed by atoms with E-state index in [-0.39, 0.29) is 11.5 Å². The Morgan fingerprint density at radius 3 is 2.51 bits per heavy atom. The Morgan fingerprint density at radius 1 is 1.13 bits per heavy atom. The number of carbonyl (C=O) groups is 1. The minimum absolute atomic E-state index is 0.180. The smallest absolute Gasteiger partial charge is 0.341 e. The summed E-state index contributed by atoms with van der Waals surface area (Å²) in [5.74, 6) is 0.930. The number of rotatable bonds is 9. The van der Waals surface area contributed by atoms with E-state index in [9.17, 15) is 9.59 Å². The van der Waals surface area contributed by atoms with Crippen LogP contribution < -0.4 is 19.8 Å². The molecule has 0 aliphatic rings. The Balaban J connectivity index is 1.90. The highest BCUT2D eigenvalue weighted by Crippen LogP contribution is 2.35. The molecule has 0 unspecified atom stereocenters. The van der Waals surface area contributed by atoms with Crippen LogP contribution >= 0.6 is 22.6 Å². The third-order valence-electron chi connectivity index (χ3n) is 6.11. The molecule has 0 amide bonds. The van der Waals surface area contributed by atoms with E-state index in [4.69, 9.17) is 24.3 Å². The van der Waals surface area contributed by atoms with Gasteiger partial charge in [-0.25, -0.2) is 9.78 Å². The summed E-state index contributed by atoms with van der Waals surface area (Å²) < 4.78 is 18.4. The zero-order valence-corrected chi connectivity index (χ0v) is 24.3. The first kappa shape index (κ1) is 28.1. The van der Waals surface area contributed by atoms with Crippen LogP contribution in [0.4, 0.5) is 0 Å². The highest BCUT2D eigenvalue weighted by molar-refractivity contribution is 14.1. The van der Waals surface area contributed by atoms with E-state index >= 15 is 0 Å². The summed E-state index contributed by atoms with van der Waals surface area (Å²) in [7, 11) is 3.11. The van der Waals surface area contributed by atoms with Gasteiger partial charge in [0, 0.05) is 5.56 Å². The molecule has 4 rings (SSSR count). The number of carboxylic acids is 1. The van der Waals surface area contributed by atoms with E-state index in [1.165, 1.54) is 18.0 Å². The molecule has 0 saturated carbocycles. The molecule has 1 N–H and O–H groups in total. The van der Waals surface area contributed by atoms with Gasteiger partial charge in [-0.2, -0.15) is 9.78 Å². The number of nitrogens with zero attached hydrogens (tertiary/aromatic N) is 3. The Morgan fingerprint density at radius 2 is 1.85 bits per heavy atom. The van der Waals surface area contributed by atoms with Gasteiger partial charge in [0.25, 0.3) is 5.56 Å². The highest BCUT2D eigenvalue weighted by atomic mass is 127. The van der Waals surface area contributed by atoms with Crippen molar-refractivity contribution < 1.29 is 24.1 Å². The van der Waals surface area contributed by atoms with Gasteiger partial charge in [0.15, 0.2) is 23.9 Å². The summed E-state index contributed by atoms with van der Waals surface area (Å²) >= 11 is 2.04. The quantitative estimate of drug-likeness (QED) is 0.191. The zero-order chi connectivity index (χ0) is 28.3. The molecule has 0 radical (unpaired) electrons. The van der Waals surface area contributed by atoms with E-state index in [0.29, 0.717) is 37.4 Å².